The van der Waals surface area contributed by atoms with Gasteiger partial charge in [-0.05, 0) is 51.5 Å². The number of nitrogens with zero attached hydrogens (tertiary/aromatic N) is 2. The quantitative estimate of drug-likeness (QED) is 0.781. The Hall–Kier alpha value is -1.10. The molecule has 26 heavy (non-hydrogen) atoms. The van der Waals surface area contributed by atoms with Crippen LogP contribution in [0.4, 0.5) is 0 Å². The van der Waals surface area contributed by atoms with Gasteiger partial charge in [-0.25, -0.2) is 0 Å². The summed E-state index contributed by atoms with van der Waals surface area (Å²) in [5, 5.41) is 3.67. The Morgan fingerprint density at radius 2 is 1.62 bits per heavy atom. The first-order chi connectivity index (χ1) is 12.6. The van der Waals surface area contributed by atoms with Gasteiger partial charge in [-0.15, -0.1) is 0 Å². The maximum Gasteiger partial charge on any atom is 0.226 e. The van der Waals surface area contributed by atoms with Crippen LogP contribution in [-0.4, -0.2) is 58.9 Å². The van der Waals surface area contributed by atoms with E-state index in [1.807, 2.05) is 0 Å². The number of hydrogen-bond donors (Lipinski definition) is 1. The Balaban J connectivity index is 1.55. The normalized spacial score (nSPS) is 40.5. The van der Waals surface area contributed by atoms with Crippen molar-refractivity contribution in [3.05, 3.63) is 0 Å². The summed E-state index contributed by atoms with van der Waals surface area (Å²) in [5.74, 6) is 1.29. The van der Waals surface area contributed by atoms with Crippen molar-refractivity contribution in [2.75, 3.05) is 13.1 Å². The van der Waals surface area contributed by atoms with Gasteiger partial charge in [0.15, 0.2) is 0 Å². The van der Waals surface area contributed by atoms with E-state index in [0.717, 1.165) is 32.4 Å². The summed E-state index contributed by atoms with van der Waals surface area (Å²) in [6, 6.07) is 1.16. The molecule has 0 radical (unpaired) electrons. The molecule has 2 heterocycles. The van der Waals surface area contributed by atoms with Crippen LogP contribution in [0.1, 0.15) is 71.6 Å². The van der Waals surface area contributed by atoms with Gasteiger partial charge < -0.3 is 15.1 Å². The second kappa shape index (κ2) is 7.49. The fourth-order valence-corrected chi connectivity index (χ4v) is 6.46. The second-order valence-electron chi connectivity index (χ2n) is 9.09. The third kappa shape index (κ3) is 3.17. The number of hydrogen-bond acceptors (Lipinski definition) is 3. The van der Waals surface area contributed by atoms with Crippen LogP contribution >= 0.6 is 0 Å². The summed E-state index contributed by atoms with van der Waals surface area (Å²) < 4.78 is 0. The summed E-state index contributed by atoms with van der Waals surface area (Å²) in [4.78, 5) is 30.2. The molecule has 1 N–H and O–H groups in total. The number of rotatable bonds is 1. The molecule has 0 aromatic rings. The minimum atomic E-state index is 0.139. The molecule has 5 heteroatoms. The summed E-state index contributed by atoms with van der Waals surface area (Å²) in [6.45, 7) is 5.52. The highest BCUT2D eigenvalue weighted by atomic mass is 16.2. The van der Waals surface area contributed by atoms with Crippen LogP contribution in [0.3, 0.4) is 0 Å². The van der Waals surface area contributed by atoms with E-state index in [1.165, 1.54) is 38.5 Å². The highest BCUT2D eigenvalue weighted by Crippen LogP contribution is 2.39. The molecule has 4 rings (SSSR count). The van der Waals surface area contributed by atoms with Crippen molar-refractivity contribution in [3.8, 4) is 0 Å². The molecule has 2 aliphatic carbocycles. The SMILES string of the molecule is CC(=O)N1C2CCCCC2N(C(=O)C2CCNC3CCCCC32)C[C@@H]1C. The first kappa shape index (κ1) is 18.3. The molecular weight excluding hydrogens is 326 g/mol. The smallest absolute Gasteiger partial charge is 0.226 e. The van der Waals surface area contributed by atoms with Crippen LogP contribution < -0.4 is 5.32 Å². The van der Waals surface area contributed by atoms with Crippen molar-refractivity contribution in [2.45, 2.75) is 95.8 Å². The molecule has 0 aromatic heterocycles. The van der Waals surface area contributed by atoms with Crippen molar-refractivity contribution in [2.24, 2.45) is 11.8 Å². The van der Waals surface area contributed by atoms with Gasteiger partial charge in [0.2, 0.25) is 11.8 Å². The van der Waals surface area contributed by atoms with E-state index in [0.29, 0.717) is 17.9 Å². The lowest BCUT2D eigenvalue weighted by molar-refractivity contribution is -0.158. The van der Waals surface area contributed by atoms with Crippen molar-refractivity contribution in [1.82, 2.24) is 15.1 Å². The Labute approximate surface area is 157 Å². The zero-order chi connectivity index (χ0) is 18.3. The molecule has 4 fully saturated rings. The van der Waals surface area contributed by atoms with E-state index in [2.05, 4.69) is 22.0 Å². The van der Waals surface area contributed by atoms with Crippen molar-refractivity contribution in [3.63, 3.8) is 0 Å². The van der Waals surface area contributed by atoms with Gasteiger partial charge in [0.05, 0.1) is 12.1 Å². The number of fused-ring (bicyclic) bond motifs is 2. The van der Waals surface area contributed by atoms with Crippen LogP contribution in [0.25, 0.3) is 0 Å². The van der Waals surface area contributed by atoms with Crippen molar-refractivity contribution >= 4 is 11.8 Å². The van der Waals surface area contributed by atoms with E-state index in [-0.39, 0.29) is 30.0 Å². The first-order valence-electron chi connectivity index (χ1n) is 10.9. The van der Waals surface area contributed by atoms with Crippen LogP contribution in [0.5, 0.6) is 0 Å². The van der Waals surface area contributed by atoms with E-state index in [1.54, 1.807) is 6.92 Å². The molecule has 2 saturated heterocycles. The Morgan fingerprint density at radius 1 is 0.923 bits per heavy atom. The molecule has 2 saturated carbocycles. The van der Waals surface area contributed by atoms with Crippen LogP contribution in [-0.2, 0) is 9.59 Å². The van der Waals surface area contributed by atoms with Crippen LogP contribution in [0, 0.1) is 11.8 Å². The van der Waals surface area contributed by atoms with E-state index in [9.17, 15) is 9.59 Å². The van der Waals surface area contributed by atoms with E-state index in [4.69, 9.17) is 0 Å². The number of amides is 2. The second-order valence-corrected chi connectivity index (χ2v) is 9.09. The molecule has 2 aliphatic heterocycles. The molecule has 5 nitrogen and oxygen atoms in total. The van der Waals surface area contributed by atoms with E-state index < -0.39 is 0 Å². The molecule has 146 valence electrons. The van der Waals surface area contributed by atoms with Crippen LogP contribution in [0.2, 0.25) is 0 Å². The largest absolute Gasteiger partial charge is 0.335 e. The number of carbonyl (C=O) groups is 2. The van der Waals surface area contributed by atoms with Gasteiger partial charge in [0, 0.05) is 31.5 Å². The fraction of sp³-hybridized carbons (Fsp3) is 0.905. The maximum absolute atomic E-state index is 13.7. The molecule has 5 unspecified atom stereocenters. The molecule has 0 bridgehead atoms. The average molecular weight is 362 g/mol. The predicted octanol–water partition coefficient (Wildman–Crippen LogP) is 2.55. The number of piperidine rings is 1. The maximum atomic E-state index is 13.7. The standard InChI is InChI=1S/C21H35N3O2/c1-14-13-23(19-9-5-6-10-20(19)24(14)15(2)25)21(26)17-11-12-22-18-8-4-3-7-16(17)18/h14,16-20,22H,3-13H2,1-2H3/t14-,16?,17?,18?,19?,20?/m0/s1. The minimum Gasteiger partial charge on any atom is -0.335 e. The van der Waals surface area contributed by atoms with Gasteiger partial charge in [-0.1, -0.05) is 25.7 Å². The van der Waals surface area contributed by atoms with Gasteiger partial charge in [0.25, 0.3) is 0 Å². The molecular formula is C21H35N3O2. The topological polar surface area (TPSA) is 52.7 Å². The Bertz CT molecular complexity index is 549. The average Bonchev–Trinajstić information content (AvgIpc) is 2.66. The fourth-order valence-electron chi connectivity index (χ4n) is 6.46. The summed E-state index contributed by atoms with van der Waals surface area (Å²) in [6.07, 6.45) is 10.5. The first-order valence-corrected chi connectivity index (χ1v) is 10.9. The molecule has 4 aliphatic rings. The van der Waals surface area contributed by atoms with Gasteiger partial charge >= 0.3 is 0 Å². The lowest BCUT2D eigenvalue weighted by Crippen LogP contribution is -2.67. The van der Waals surface area contributed by atoms with Crippen LogP contribution in [0.15, 0.2) is 0 Å². The Morgan fingerprint density at radius 3 is 2.38 bits per heavy atom. The van der Waals surface area contributed by atoms with Crippen molar-refractivity contribution < 1.29 is 9.59 Å². The third-order valence-corrected chi connectivity index (χ3v) is 7.55. The number of piperazine rings is 1. The highest BCUT2D eigenvalue weighted by molar-refractivity contribution is 5.81. The molecule has 0 spiro atoms. The van der Waals surface area contributed by atoms with E-state index >= 15 is 0 Å². The lowest BCUT2D eigenvalue weighted by atomic mass is 9.71. The summed E-state index contributed by atoms with van der Waals surface area (Å²) >= 11 is 0. The zero-order valence-corrected chi connectivity index (χ0v) is 16.5. The summed E-state index contributed by atoms with van der Waals surface area (Å²) in [7, 11) is 0. The van der Waals surface area contributed by atoms with Crippen molar-refractivity contribution in [1.29, 1.82) is 0 Å². The predicted molar refractivity (Wildman–Crippen MR) is 102 cm³/mol. The highest BCUT2D eigenvalue weighted by Gasteiger charge is 2.47. The molecule has 2 amide bonds. The van der Waals surface area contributed by atoms with Gasteiger partial charge in [-0.3, -0.25) is 9.59 Å². The molecule has 0 aromatic carbocycles. The number of nitrogens with one attached hydrogen (secondary N) is 1. The monoisotopic (exact) mass is 361 g/mol. The molecule has 6 atom stereocenters. The lowest BCUT2D eigenvalue weighted by Gasteiger charge is -2.54. The van der Waals surface area contributed by atoms with Gasteiger partial charge in [-0.2, -0.15) is 0 Å². The minimum absolute atomic E-state index is 0.139. The van der Waals surface area contributed by atoms with Gasteiger partial charge in [0.1, 0.15) is 0 Å². The third-order valence-electron chi connectivity index (χ3n) is 7.55. The number of carbonyl (C=O) groups excluding carboxylic acids is 2. The Kier molecular flexibility index (Phi) is 5.27. The zero-order valence-electron chi connectivity index (χ0n) is 16.5. The summed E-state index contributed by atoms with van der Waals surface area (Å²) in [5.41, 5.74) is 0.